The molecule has 11 heteroatoms. The van der Waals surface area contributed by atoms with Crippen LogP contribution >= 0.6 is 15.9 Å². The maximum absolute atomic E-state index is 13.6. The molecular weight excluding hydrogens is 576 g/mol. The minimum atomic E-state index is -3.92. The molecule has 0 aliphatic heterocycles. The number of sulfonamides is 1. The van der Waals surface area contributed by atoms with Crippen molar-refractivity contribution < 1.29 is 31.8 Å². The summed E-state index contributed by atoms with van der Waals surface area (Å²) < 4.78 is 50.2. The molecule has 0 unspecified atom stereocenters. The molecule has 3 rings (SSSR count). The maximum Gasteiger partial charge on any atom is 0.243 e. The van der Waals surface area contributed by atoms with Crippen LogP contribution in [0.5, 0.6) is 11.5 Å². The number of amides is 1. The van der Waals surface area contributed by atoms with Crippen LogP contribution in [0.4, 0.5) is 0 Å². The lowest BCUT2D eigenvalue weighted by Crippen LogP contribution is -2.43. The number of halogens is 1. The minimum absolute atomic E-state index is 0.119. The van der Waals surface area contributed by atoms with Gasteiger partial charge < -0.3 is 23.5 Å². The lowest BCUT2D eigenvalue weighted by Gasteiger charge is -2.27. The van der Waals surface area contributed by atoms with Crippen molar-refractivity contribution in [1.29, 1.82) is 0 Å². The number of benzene rings is 2. The van der Waals surface area contributed by atoms with Gasteiger partial charge in [0.25, 0.3) is 0 Å². The molecule has 0 aliphatic carbocycles. The van der Waals surface area contributed by atoms with Crippen molar-refractivity contribution >= 4 is 31.9 Å². The third-order valence-corrected chi connectivity index (χ3v) is 8.30. The van der Waals surface area contributed by atoms with Gasteiger partial charge in [0.05, 0.1) is 38.5 Å². The summed E-state index contributed by atoms with van der Waals surface area (Å²) in [5.41, 5.74) is 0.944. The Morgan fingerprint density at radius 3 is 2.34 bits per heavy atom. The molecule has 0 N–H and O–H groups in total. The number of methoxy groups -OCH3 is 3. The number of nitrogens with zero attached hydrogens (tertiary/aromatic N) is 2. The molecular formula is C27H33BrN2O7S. The van der Waals surface area contributed by atoms with Gasteiger partial charge in [0.1, 0.15) is 5.76 Å². The molecule has 0 saturated heterocycles. The molecule has 1 amide bonds. The highest BCUT2D eigenvalue weighted by atomic mass is 79.9. The van der Waals surface area contributed by atoms with Gasteiger partial charge in [-0.15, -0.1) is 0 Å². The topological polar surface area (TPSA) is 98.5 Å². The third kappa shape index (κ3) is 8.07. The Kier molecular flexibility index (Phi) is 11.2. The van der Waals surface area contributed by atoms with Crippen molar-refractivity contribution in [3.05, 3.63) is 76.7 Å². The average molecular weight is 610 g/mol. The molecule has 0 spiro atoms. The van der Waals surface area contributed by atoms with E-state index in [4.69, 9.17) is 18.6 Å². The normalized spacial score (nSPS) is 11.5. The van der Waals surface area contributed by atoms with Crippen LogP contribution in [0, 0.1) is 0 Å². The Bertz CT molecular complexity index is 1270. The van der Waals surface area contributed by atoms with E-state index in [9.17, 15) is 13.2 Å². The molecule has 0 bridgehead atoms. The molecule has 0 aliphatic rings. The third-order valence-electron chi connectivity index (χ3n) is 5.92. The summed E-state index contributed by atoms with van der Waals surface area (Å²) in [4.78, 5) is 15.3. The van der Waals surface area contributed by atoms with Crippen LogP contribution < -0.4 is 9.47 Å². The Hall–Kier alpha value is -2.86. The van der Waals surface area contributed by atoms with Gasteiger partial charge in [-0.1, -0.05) is 22.0 Å². The molecule has 3 aromatic rings. The second-order valence-electron chi connectivity index (χ2n) is 8.47. The highest BCUT2D eigenvalue weighted by molar-refractivity contribution is 9.10. The Balaban J connectivity index is 1.82. The van der Waals surface area contributed by atoms with E-state index in [1.807, 2.05) is 18.2 Å². The number of furan rings is 1. The molecule has 1 heterocycles. The fourth-order valence-corrected chi connectivity index (χ4v) is 5.55. The van der Waals surface area contributed by atoms with Crippen molar-refractivity contribution in [2.24, 2.45) is 0 Å². The second-order valence-corrected chi connectivity index (χ2v) is 11.3. The van der Waals surface area contributed by atoms with E-state index < -0.39 is 10.0 Å². The van der Waals surface area contributed by atoms with Gasteiger partial charge in [-0.3, -0.25) is 4.79 Å². The monoisotopic (exact) mass is 608 g/mol. The first-order valence-electron chi connectivity index (χ1n) is 12.0. The Morgan fingerprint density at radius 2 is 1.71 bits per heavy atom. The van der Waals surface area contributed by atoms with Crippen LogP contribution in [-0.2, 0) is 32.5 Å². The van der Waals surface area contributed by atoms with E-state index in [0.717, 1.165) is 10.0 Å². The predicted molar refractivity (Wildman–Crippen MR) is 147 cm³/mol. The van der Waals surface area contributed by atoms with Gasteiger partial charge in [-0.2, -0.15) is 4.31 Å². The summed E-state index contributed by atoms with van der Waals surface area (Å²) in [5.74, 6) is 1.48. The molecule has 206 valence electrons. The van der Waals surface area contributed by atoms with Crippen molar-refractivity contribution in [1.82, 2.24) is 9.21 Å². The zero-order valence-corrected chi connectivity index (χ0v) is 24.2. The van der Waals surface area contributed by atoms with Gasteiger partial charge >= 0.3 is 0 Å². The Labute approximate surface area is 232 Å². The van der Waals surface area contributed by atoms with Crippen molar-refractivity contribution in [3.8, 4) is 11.5 Å². The van der Waals surface area contributed by atoms with Crippen LogP contribution in [0.1, 0.15) is 17.7 Å². The number of hydrogen-bond acceptors (Lipinski definition) is 7. The van der Waals surface area contributed by atoms with Gasteiger partial charge in [0.15, 0.2) is 11.5 Å². The summed E-state index contributed by atoms with van der Waals surface area (Å²) >= 11 is 3.33. The van der Waals surface area contributed by atoms with E-state index in [-0.39, 0.29) is 30.4 Å². The van der Waals surface area contributed by atoms with Crippen molar-refractivity contribution in [2.45, 2.75) is 24.3 Å². The smallest absolute Gasteiger partial charge is 0.243 e. The minimum Gasteiger partial charge on any atom is -0.493 e. The van der Waals surface area contributed by atoms with Gasteiger partial charge in [-0.25, -0.2) is 8.42 Å². The standard InChI is InChI=1S/C27H33BrN2O7S/c1-34-16-5-14-30(38(32,33)24-10-8-22(28)9-11-24)20-27(31)29(19-23-6-4-17-37-23)15-13-21-7-12-25(35-2)26(18-21)36-3/h4,6-12,17-18H,5,13-16,19-20H2,1-3H3. The van der Waals surface area contributed by atoms with Gasteiger partial charge in [-0.05, 0) is 66.9 Å². The van der Waals surface area contributed by atoms with Crippen LogP contribution in [-0.4, -0.2) is 71.1 Å². The number of carbonyl (C=O) groups is 1. The zero-order valence-electron chi connectivity index (χ0n) is 21.8. The fourth-order valence-electron chi connectivity index (χ4n) is 3.86. The summed E-state index contributed by atoms with van der Waals surface area (Å²) in [7, 11) is 0.776. The number of ether oxygens (including phenoxy) is 3. The number of hydrogen-bond donors (Lipinski definition) is 0. The molecule has 2 aromatic carbocycles. The average Bonchev–Trinajstić information content (AvgIpc) is 3.43. The summed E-state index contributed by atoms with van der Waals surface area (Å²) in [5, 5.41) is 0. The second kappa shape index (κ2) is 14.3. The van der Waals surface area contributed by atoms with E-state index in [1.165, 1.54) is 16.4 Å². The molecule has 0 saturated carbocycles. The lowest BCUT2D eigenvalue weighted by atomic mass is 10.1. The highest BCUT2D eigenvalue weighted by Crippen LogP contribution is 2.28. The molecule has 9 nitrogen and oxygen atoms in total. The quantitative estimate of drug-likeness (QED) is 0.236. The first-order valence-corrected chi connectivity index (χ1v) is 14.3. The first-order chi connectivity index (χ1) is 18.3. The van der Waals surface area contributed by atoms with Crippen molar-refractivity contribution in [2.75, 3.05) is 47.6 Å². The van der Waals surface area contributed by atoms with Crippen LogP contribution in [0.15, 0.2) is 74.6 Å². The zero-order chi connectivity index (χ0) is 27.5. The van der Waals surface area contributed by atoms with Crippen LogP contribution in [0.3, 0.4) is 0 Å². The van der Waals surface area contributed by atoms with Crippen LogP contribution in [0.2, 0.25) is 0 Å². The Morgan fingerprint density at radius 1 is 0.974 bits per heavy atom. The van der Waals surface area contributed by atoms with Crippen LogP contribution in [0.25, 0.3) is 0 Å². The van der Waals surface area contributed by atoms with E-state index in [1.54, 1.807) is 56.8 Å². The predicted octanol–water partition coefficient (Wildman–Crippen LogP) is 4.36. The maximum atomic E-state index is 13.6. The summed E-state index contributed by atoms with van der Waals surface area (Å²) in [6, 6.07) is 15.5. The number of carbonyl (C=O) groups excluding carboxylic acids is 1. The molecule has 0 radical (unpaired) electrons. The van der Waals surface area contributed by atoms with Gasteiger partial charge in [0, 0.05) is 31.3 Å². The molecule has 38 heavy (non-hydrogen) atoms. The van der Waals surface area contributed by atoms with Gasteiger partial charge in [0.2, 0.25) is 15.9 Å². The summed E-state index contributed by atoms with van der Waals surface area (Å²) in [6.45, 7) is 0.760. The largest absolute Gasteiger partial charge is 0.493 e. The fraction of sp³-hybridized carbons (Fsp3) is 0.370. The lowest BCUT2D eigenvalue weighted by molar-refractivity contribution is -0.132. The highest BCUT2D eigenvalue weighted by Gasteiger charge is 2.28. The first kappa shape index (κ1) is 29.7. The van der Waals surface area contributed by atoms with E-state index in [0.29, 0.717) is 43.3 Å². The van der Waals surface area contributed by atoms with E-state index in [2.05, 4.69) is 15.9 Å². The molecule has 0 fully saturated rings. The molecule has 0 atom stereocenters. The SMILES string of the molecule is COCCCN(CC(=O)N(CCc1ccc(OC)c(OC)c1)Cc1ccco1)S(=O)(=O)c1ccc(Br)cc1. The molecule has 1 aromatic heterocycles. The van der Waals surface area contributed by atoms with Crippen molar-refractivity contribution in [3.63, 3.8) is 0 Å². The van der Waals surface area contributed by atoms with E-state index >= 15 is 0 Å². The number of rotatable bonds is 15. The summed E-state index contributed by atoms with van der Waals surface area (Å²) in [6.07, 6.45) is 2.51.